The van der Waals surface area contributed by atoms with Crippen LogP contribution < -0.4 is 11.5 Å². The summed E-state index contributed by atoms with van der Waals surface area (Å²) in [5.74, 6) is -0.279. The maximum atomic E-state index is 12.1. The summed E-state index contributed by atoms with van der Waals surface area (Å²) in [6, 6.07) is 5.22. The number of rotatable bonds is 2. The number of amides is 1. The average molecular weight is 347 g/mol. The molecule has 0 atom stereocenters. The van der Waals surface area contributed by atoms with Crippen LogP contribution in [0.15, 0.2) is 36.8 Å². The number of hydrogen-bond donors (Lipinski definition) is 3. The Morgan fingerprint density at radius 3 is 2.65 bits per heavy atom. The number of benzene rings is 1. The molecule has 0 fully saturated rings. The number of phenolic OH excluding ortho intramolecular Hbond substituents is 1. The Morgan fingerprint density at radius 1 is 1.15 bits per heavy atom. The van der Waals surface area contributed by atoms with Crippen molar-refractivity contribution < 1.29 is 9.90 Å². The molecule has 7 nitrogen and oxygen atoms in total. The van der Waals surface area contributed by atoms with Crippen LogP contribution >= 0.6 is 0 Å². The van der Waals surface area contributed by atoms with E-state index in [1.165, 1.54) is 0 Å². The Kier molecular flexibility index (Phi) is 3.33. The van der Waals surface area contributed by atoms with Crippen molar-refractivity contribution in [3.63, 3.8) is 0 Å². The number of pyridine rings is 2. The molecule has 5 N–H and O–H groups in total. The summed E-state index contributed by atoms with van der Waals surface area (Å²) in [7, 11) is 0. The van der Waals surface area contributed by atoms with Crippen molar-refractivity contribution in [2.45, 2.75) is 13.8 Å². The van der Waals surface area contributed by atoms with Crippen LogP contribution in [0.2, 0.25) is 0 Å². The zero-order valence-corrected chi connectivity index (χ0v) is 14.3. The third-order valence-corrected chi connectivity index (χ3v) is 4.71. The molecule has 3 heterocycles. The number of fused-ring (bicyclic) bond motifs is 3. The zero-order valence-electron chi connectivity index (χ0n) is 14.3. The Balaban J connectivity index is 2.30. The minimum absolute atomic E-state index is 0.143. The van der Waals surface area contributed by atoms with Gasteiger partial charge in [0.05, 0.1) is 22.3 Å². The van der Waals surface area contributed by atoms with E-state index < -0.39 is 5.91 Å². The molecule has 0 aliphatic heterocycles. The standard InChI is InChI=1S/C19H17N5O2/c1-9-3-4-14(25)10(2)16(9)24-17-11-7-22-6-5-13(11)23-8-12(17)15(18(24)20)19(21)26/h3-8,25H,20H2,1-2H3,(H2,21,26). The van der Waals surface area contributed by atoms with Gasteiger partial charge in [-0.05, 0) is 31.5 Å². The smallest absolute Gasteiger partial charge is 0.253 e. The highest BCUT2D eigenvalue weighted by molar-refractivity contribution is 6.17. The summed E-state index contributed by atoms with van der Waals surface area (Å²) in [5, 5.41) is 11.5. The lowest BCUT2D eigenvalue weighted by atomic mass is 10.1. The van der Waals surface area contributed by atoms with E-state index in [9.17, 15) is 9.90 Å². The topological polar surface area (TPSA) is 120 Å². The molecule has 0 aliphatic carbocycles. The maximum Gasteiger partial charge on any atom is 0.253 e. The van der Waals surface area contributed by atoms with Crippen molar-refractivity contribution in [1.29, 1.82) is 0 Å². The predicted molar refractivity (Wildman–Crippen MR) is 100 cm³/mol. The largest absolute Gasteiger partial charge is 0.508 e. The Hall–Kier alpha value is -3.61. The lowest BCUT2D eigenvalue weighted by Crippen LogP contribution is -2.14. The summed E-state index contributed by atoms with van der Waals surface area (Å²) in [6.45, 7) is 3.72. The van der Waals surface area contributed by atoms with Crippen molar-refractivity contribution in [3.05, 3.63) is 53.5 Å². The molecule has 0 saturated carbocycles. The van der Waals surface area contributed by atoms with E-state index in [-0.39, 0.29) is 17.1 Å². The Bertz CT molecular complexity index is 1210. The number of anilines is 1. The molecule has 0 bridgehead atoms. The van der Waals surface area contributed by atoms with Crippen LogP contribution in [-0.4, -0.2) is 25.5 Å². The second-order valence-electron chi connectivity index (χ2n) is 6.25. The van der Waals surface area contributed by atoms with E-state index in [1.807, 2.05) is 6.92 Å². The van der Waals surface area contributed by atoms with E-state index in [4.69, 9.17) is 11.5 Å². The van der Waals surface area contributed by atoms with E-state index in [0.717, 1.165) is 16.5 Å². The molecule has 4 aromatic rings. The lowest BCUT2D eigenvalue weighted by Gasteiger charge is -2.16. The molecule has 3 aromatic heterocycles. The number of carbonyl (C=O) groups is 1. The molecule has 1 aromatic carbocycles. The highest BCUT2D eigenvalue weighted by Crippen LogP contribution is 2.38. The molecule has 1 amide bonds. The number of nitrogen functional groups attached to an aromatic ring is 1. The monoisotopic (exact) mass is 347 g/mol. The first-order valence-electron chi connectivity index (χ1n) is 8.03. The van der Waals surface area contributed by atoms with E-state index in [1.54, 1.807) is 48.3 Å². The number of nitrogens with two attached hydrogens (primary N) is 2. The molecule has 26 heavy (non-hydrogen) atoms. The highest BCUT2D eigenvalue weighted by atomic mass is 16.3. The number of aromatic hydroxyl groups is 1. The molecule has 130 valence electrons. The van der Waals surface area contributed by atoms with Crippen molar-refractivity contribution in [2.24, 2.45) is 5.73 Å². The third-order valence-electron chi connectivity index (χ3n) is 4.71. The zero-order chi connectivity index (χ0) is 18.6. The molecule has 0 aliphatic rings. The van der Waals surface area contributed by atoms with E-state index >= 15 is 0 Å². The van der Waals surface area contributed by atoms with Crippen molar-refractivity contribution in [2.75, 3.05) is 5.73 Å². The molecular formula is C19H17N5O2. The van der Waals surface area contributed by atoms with Crippen molar-refractivity contribution in [1.82, 2.24) is 14.5 Å². The first-order valence-corrected chi connectivity index (χ1v) is 8.03. The minimum Gasteiger partial charge on any atom is -0.508 e. The van der Waals surface area contributed by atoms with Gasteiger partial charge in [-0.15, -0.1) is 0 Å². The SMILES string of the molecule is Cc1ccc(O)c(C)c1-n1c(N)c(C(N)=O)c2cnc3ccncc3c21. The van der Waals surface area contributed by atoms with Gasteiger partial charge in [-0.25, -0.2) is 0 Å². The van der Waals surface area contributed by atoms with Crippen molar-refractivity contribution in [3.8, 4) is 11.4 Å². The minimum atomic E-state index is -0.633. The van der Waals surface area contributed by atoms with Gasteiger partial charge in [0.2, 0.25) is 0 Å². The number of primary amides is 1. The number of hydrogen-bond acceptors (Lipinski definition) is 5. The summed E-state index contributed by atoms with van der Waals surface area (Å²) < 4.78 is 1.76. The van der Waals surface area contributed by atoms with Crippen LogP contribution in [0.1, 0.15) is 21.5 Å². The fraction of sp³-hybridized carbons (Fsp3) is 0.105. The summed E-state index contributed by atoms with van der Waals surface area (Å²) in [6.07, 6.45) is 4.93. The Morgan fingerprint density at radius 2 is 1.92 bits per heavy atom. The van der Waals surface area contributed by atoms with Crippen LogP contribution in [0.4, 0.5) is 5.82 Å². The van der Waals surface area contributed by atoms with Crippen LogP contribution in [0.25, 0.3) is 27.5 Å². The number of phenols is 1. The van der Waals surface area contributed by atoms with Crippen LogP contribution in [0.5, 0.6) is 5.75 Å². The van der Waals surface area contributed by atoms with E-state index in [0.29, 0.717) is 22.2 Å². The first-order chi connectivity index (χ1) is 12.4. The number of nitrogens with zero attached hydrogens (tertiary/aromatic N) is 3. The molecule has 0 unspecified atom stereocenters. The Labute approximate surface area is 148 Å². The fourth-order valence-corrected chi connectivity index (χ4v) is 3.48. The second-order valence-corrected chi connectivity index (χ2v) is 6.25. The van der Waals surface area contributed by atoms with Gasteiger partial charge >= 0.3 is 0 Å². The van der Waals surface area contributed by atoms with E-state index in [2.05, 4.69) is 9.97 Å². The molecule has 4 rings (SSSR count). The van der Waals surface area contributed by atoms with Gasteiger partial charge in [0.1, 0.15) is 11.6 Å². The normalized spacial score (nSPS) is 11.3. The second kappa shape index (κ2) is 5.45. The predicted octanol–water partition coefficient (Wildman–Crippen LogP) is 2.58. The molecule has 0 spiro atoms. The van der Waals surface area contributed by atoms with Gasteiger partial charge in [0.15, 0.2) is 0 Å². The van der Waals surface area contributed by atoms with Crippen LogP contribution in [0, 0.1) is 13.8 Å². The highest BCUT2D eigenvalue weighted by Gasteiger charge is 2.24. The van der Waals surface area contributed by atoms with Gasteiger partial charge in [0.25, 0.3) is 5.91 Å². The lowest BCUT2D eigenvalue weighted by molar-refractivity contribution is 0.100. The number of aromatic nitrogens is 3. The van der Waals surface area contributed by atoms with Crippen LogP contribution in [-0.2, 0) is 0 Å². The number of carbonyl (C=O) groups excluding carboxylic acids is 1. The first kappa shape index (κ1) is 15.9. The number of aryl methyl sites for hydroxylation is 1. The molecular weight excluding hydrogens is 330 g/mol. The molecule has 0 radical (unpaired) electrons. The molecule has 7 heteroatoms. The summed E-state index contributed by atoms with van der Waals surface area (Å²) in [4.78, 5) is 20.7. The van der Waals surface area contributed by atoms with Gasteiger partial charge < -0.3 is 16.6 Å². The average Bonchev–Trinajstić information content (AvgIpc) is 2.91. The van der Waals surface area contributed by atoms with Gasteiger partial charge in [0, 0.05) is 34.9 Å². The summed E-state index contributed by atoms with van der Waals surface area (Å²) >= 11 is 0. The van der Waals surface area contributed by atoms with Crippen LogP contribution in [0.3, 0.4) is 0 Å². The fourth-order valence-electron chi connectivity index (χ4n) is 3.48. The third kappa shape index (κ3) is 2.03. The molecule has 0 saturated heterocycles. The summed E-state index contributed by atoms with van der Waals surface area (Å²) in [5.41, 5.74) is 15.8. The van der Waals surface area contributed by atoms with Gasteiger partial charge in [-0.3, -0.25) is 19.3 Å². The van der Waals surface area contributed by atoms with Crippen molar-refractivity contribution >= 4 is 33.5 Å². The maximum absolute atomic E-state index is 12.1. The quantitative estimate of drug-likeness (QED) is 0.515. The van der Waals surface area contributed by atoms with Gasteiger partial charge in [-0.2, -0.15) is 0 Å². The van der Waals surface area contributed by atoms with Gasteiger partial charge in [-0.1, -0.05) is 6.07 Å².